The molecular weight excluding hydrogens is 389 g/mol. The van der Waals surface area contributed by atoms with Gasteiger partial charge in [-0.05, 0) is 55.3 Å². The predicted octanol–water partition coefficient (Wildman–Crippen LogP) is 4.21. The van der Waals surface area contributed by atoms with Crippen LogP contribution in [0.15, 0.2) is 42.5 Å². The van der Waals surface area contributed by atoms with Crippen molar-refractivity contribution in [3.8, 4) is 10.6 Å². The van der Waals surface area contributed by atoms with Crippen LogP contribution >= 0.6 is 11.3 Å². The fraction of sp³-hybridized carbons (Fsp3) is 0.273. The second-order valence-corrected chi connectivity index (χ2v) is 8.27. The number of nitrogens with zero attached hydrogens (tertiary/aromatic N) is 2. The molecule has 0 aliphatic carbocycles. The Morgan fingerprint density at radius 3 is 2.76 bits per heavy atom. The first kappa shape index (κ1) is 19.7. The molecule has 5 nitrogen and oxygen atoms in total. The van der Waals surface area contributed by atoms with E-state index >= 15 is 0 Å². The second-order valence-electron chi connectivity index (χ2n) is 7.27. The van der Waals surface area contributed by atoms with E-state index in [0.29, 0.717) is 22.1 Å². The molecular formula is C22H22FN3O2S. The zero-order valence-corrected chi connectivity index (χ0v) is 17.1. The number of nitrogens with one attached hydrogen (secondary N) is 1. The highest BCUT2D eigenvalue weighted by atomic mass is 32.1. The monoisotopic (exact) mass is 411 g/mol. The van der Waals surface area contributed by atoms with E-state index in [4.69, 9.17) is 0 Å². The number of carbonyl (C=O) groups excluding carboxylic acids is 1. The summed E-state index contributed by atoms with van der Waals surface area (Å²) in [5, 5.41) is 13.2. The molecule has 0 spiro atoms. The molecule has 7 heteroatoms. The van der Waals surface area contributed by atoms with Gasteiger partial charge in [0, 0.05) is 30.4 Å². The maximum absolute atomic E-state index is 13.2. The minimum Gasteiger partial charge on any atom is -0.395 e. The van der Waals surface area contributed by atoms with Gasteiger partial charge in [-0.25, -0.2) is 9.37 Å². The molecule has 4 rings (SSSR count). The van der Waals surface area contributed by atoms with Crippen LogP contribution in [0.4, 0.5) is 10.1 Å². The molecule has 1 unspecified atom stereocenters. The van der Waals surface area contributed by atoms with Crippen molar-refractivity contribution in [3.05, 3.63) is 70.0 Å². The van der Waals surface area contributed by atoms with Gasteiger partial charge in [-0.1, -0.05) is 12.1 Å². The molecule has 2 aromatic carbocycles. The third-order valence-corrected chi connectivity index (χ3v) is 6.44. The summed E-state index contributed by atoms with van der Waals surface area (Å²) in [6.45, 7) is 5.34. The van der Waals surface area contributed by atoms with Crippen molar-refractivity contribution in [1.82, 2.24) is 9.88 Å². The summed E-state index contributed by atoms with van der Waals surface area (Å²) in [4.78, 5) is 20.2. The Morgan fingerprint density at radius 1 is 1.28 bits per heavy atom. The Hall–Kier alpha value is -2.61. The van der Waals surface area contributed by atoms with Crippen molar-refractivity contribution >= 4 is 22.9 Å². The number of rotatable bonds is 5. The van der Waals surface area contributed by atoms with Crippen LogP contribution in [0.5, 0.6) is 0 Å². The number of halogens is 1. The first-order valence-electron chi connectivity index (χ1n) is 9.46. The lowest BCUT2D eigenvalue weighted by Gasteiger charge is -2.21. The van der Waals surface area contributed by atoms with Gasteiger partial charge in [0.2, 0.25) is 0 Å². The van der Waals surface area contributed by atoms with Gasteiger partial charge < -0.3 is 10.4 Å². The maximum Gasteiger partial charge on any atom is 0.267 e. The largest absolute Gasteiger partial charge is 0.395 e. The Labute approximate surface area is 172 Å². The van der Waals surface area contributed by atoms with Crippen molar-refractivity contribution in [3.63, 3.8) is 0 Å². The highest BCUT2D eigenvalue weighted by Gasteiger charge is 2.26. The summed E-state index contributed by atoms with van der Waals surface area (Å²) in [7, 11) is 0. The van der Waals surface area contributed by atoms with Gasteiger partial charge in [-0.2, -0.15) is 0 Å². The number of thiazole rings is 1. The Balaban J connectivity index is 1.56. The normalized spacial score (nSPS) is 14.6. The van der Waals surface area contributed by atoms with Crippen LogP contribution in [-0.4, -0.2) is 33.5 Å². The van der Waals surface area contributed by atoms with Crippen molar-refractivity contribution in [2.75, 3.05) is 11.9 Å². The molecule has 0 bridgehead atoms. The fourth-order valence-corrected chi connectivity index (χ4v) is 4.46. The molecule has 1 amide bonds. The van der Waals surface area contributed by atoms with Crippen LogP contribution in [0.1, 0.15) is 33.4 Å². The minimum atomic E-state index is -0.303. The molecule has 1 atom stereocenters. The molecule has 29 heavy (non-hydrogen) atoms. The number of carbonyl (C=O) groups is 1. The molecule has 150 valence electrons. The molecule has 0 radical (unpaired) electrons. The first-order chi connectivity index (χ1) is 14.0. The highest BCUT2D eigenvalue weighted by molar-refractivity contribution is 7.17. The third kappa shape index (κ3) is 3.94. The summed E-state index contributed by atoms with van der Waals surface area (Å²) in [6.07, 6.45) is 0. The molecule has 0 fully saturated rings. The first-order valence-corrected chi connectivity index (χ1v) is 10.3. The highest BCUT2D eigenvalue weighted by Crippen LogP contribution is 2.32. The topological polar surface area (TPSA) is 65.5 Å². The van der Waals surface area contributed by atoms with E-state index in [1.807, 2.05) is 19.1 Å². The summed E-state index contributed by atoms with van der Waals surface area (Å²) in [6, 6.07) is 12.1. The number of aromatic nitrogens is 1. The summed E-state index contributed by atoms with van der Waals surface area (Å²) < 4.78 is 13.2. The molecule has 1 aromatic heterocycles. The van der Waals surface area contributed by atoms with Gasteiger partial charge >= 0.3 is 0 Å². The number of aliphatic hydroxyl groups excluding tert-OH is 1. The average molecular weight is 412 g/mol. The van der Waals surface area contributed by atoms with Crippen molar-refractivity contribution in [2.45, 2.75) is 33.0 Å². The number of aliphatic hydroxyl groups is 1. The van der Waals surface area contributed by atoms with E-state index in [2.05, 4.69) is 21.3 Å². The Morgan fingerprint density at radius 2 is 2.03 bits per heavy atom. The minimum absolute atomic E-state index is 0.0629. The average Bonchev–Trinajstić information content (AvgIpc) is 3.32. The van der Waals surface area contributed by atoms with Crippen LogP contribution in [0.2, 0.25) is 0 Å². The lowest BCUT2D eigenvalue weighted by atomic mass is 10.1. The standard InChI is InChI=1S/C22H22FN3O2S/c1-13(12-27)26-10-16-4-3-5-19(18(16)11-26)25-21(28)20-14(2)24-22(29-20)15-6-8-17(23)9-7-15/h3-9,13,27H,10-12H2,1-2H3,(H,25,28). The van der Waals surface area contributed by atoms with Gasteiger partial charge in [-0.15, -0.1) is 11.3 Å². The second kappa shape index (κ2) is 8.02. The summed E-state index contributed by atoms with van der Waals surface area (Å²) >= 11 is 1.30. The van der Waals surface area contributed by atoms with Gasteiger partial charge in [-0.3, -0.25) is 9.69 Å². The molecule has 1 aliphatic heterocycles. The zero-order chi connectivity index (χ0) is 20.5. The van der Waals surface area contributed by atoms with E-state index in [1.165, 1.54) is 23.5 Å². The lowest BCUT2D eigenvalue weighted by molar-refractivity contribution is 0.102. The van der Waals surface area contributed by atoms with Crippen molar-refractivity contribution in [1.29, 1.82) is 0 Å². The molecule has 0 saturated heterocycles. The van der Waals surface area contributed by atoms with Crippen LogP contribution in [0, 0.1) is 12.7 Å². The number of hydrogen-bond acceptors (Lipinski definition) is 5. The maximum atomic E-state index is 13.2. The number of hydrogen-bond donors (Lipinski definition) is 2. The van der Waals surface area contributed by atoms with Crippen molar-refractivity contribution < 1.29 is 14.3 Å². The number of benzene rings is 2. The van der Waals surface area contributed by atoms with Crippen molar-refractivity contribution in [2.24, 2.45) is 0 Å². The SMILES string of the molecule is Cc1nc(-c2ccc(F)cc2)sc1C(=O)Nc1cccc2c1CN(C(C)CO)C2. The molecule has 0 saturated carbocycles. The van der Waals surface area contributed by atoms with Crippen LogP contribution in [0.25, 0.3) is 10.6 Å². The van der Waals surface area contributed by atoms with Crippen LogP contribution in [-0.2, 0) is 13.1 Å². The molecule has 2 heterocycles. The molecule has 2 N–H and O–H groups in total. The van der Waals surface area contributed by atoms with E-state index in [1.54, 1.807) is 19.1 Å². The summed E-state index contributed by atoms with van der Waals surface area (Å²) in [5.41, 5.74) is 4.47. The smallest absolute Gasteiger partial charge is 0.267 e. The van der Waals surface area contributed by atoms with Gasteiger partial charge in [0.1, 0.15) is 15.7 Å². The predicted molar refractivity (Wildman–Crippen MR) is 112 cm³/mol. The fourth-order valence-electron chi connectivity index (χ4n) is 3.49. The zero-order valence-electron chi connectivity index (χ0n) is 16.3. The number of fused-ring (bicyclic) bond motifs is 1. The van der Waals surface area contributed by atoms with E-state index in [-0.39, 0.29) is 24.4 Å². The number of anilines is 1. The Bertz CT molecular complexity index is 1050. The van der Waals surface area contributed by atoms with E-state index < -0.39 is 0 Å². The third-order valence-electron chi connectivity index (χ3n) is 5.24. The summed E-state index contributed by atoms with van der Waals surface area (Å²) in [5.74, 6) is -0.502. The van der Waals surface area contributed by atoms with Gasteiger partial charge in [0.15, 0.2) is 0 Å². The molecule has 1 aliphatic rings. The van der Waals surface area contributed by atoms with E-state index in [0.717, 1.165) is 28.9 Å². The molecule has 3 aromatic rings. The lowest BCUT2D eigenvalue weighted by Crippen LogP contribution is -2.30. The Kier molecular flexibility index (Phi) is 5.45. The van der Waals surface area contributed by atoms with Crippen LogP contribution in [0.3, 0.4) is 0 Å². The van der Waals surface area contributed by atoms with Gasteiger partial charge in [0.25, 0.3) is 5.91 Å². The van der Waals surface area contributed by atoms with E-state index in [9.17, 15) is 14.3 Å². The van der Waals surface area contributed by atoms with Gasteiger partial charge in [0.05, 0.1) is 12.3 Å². The van der Waals surface area contributed by atoms with Crippen LogP contribution < -0.4 is 5.32 Å². The quantitative estimate of drug-likeness (QED) is 0.660. The number of amides is 1. The number of aryl methyl sites for hydroxylation is 1.